The van der Waals surface area contributed by atoms with Gasteiger partial charge in [-0.05, 0) is 47.5 Å². The standard InChI is InChI=1S/C33H28N4O4/c38-31(39)30-23-34(32(40)36(26-13-3-1-4-14-26)27-15-5-2-6-16-27)21-22-35(30)33(41)37-28-17-9-7-11-24(28)19-20-25-12-8-10-18-29(25)37/h1-20,30H,21-23H2,(H,38,39)/t30-/m0/s1. The average Bonchev–Trinajstić information content (AvgIpc) is 3.18. The number of hydrogen-bond acceptors (Lipinski definition) is 3. The lowest BCUT2D eigenvalue weighted by atomic mass is 10.1. The number of carbonyl (C=O) groups is 3. The number of rotatable bonds is 3. The topological polar surface area (TPSA) is 84.4 Å². The first-order chi connectivity index (χ1) is 20.0. The normalized spacial score (nSPS) is 15.9. The van der Waals surface area contributed by atoms with Gasteiger partial charge < -0.3 is 14.9 Å². The van der Waals surface area contributed by atoms with Crippen molar-refractivity contribution in [3.05, 3.63) is 120 Å². The maximum absolute atomic E-state index is 14.2. The molecule has 4 amide bonds. The Morgan fingerprint density at radius 2 is 1.15 bits per heavy atom. The molecule has 204 valence electrons. The maximum Gasteiger partial charge on any atom is 0.330 e. The smallest absolute Gasteiger partial charge is 0.330 e. The lowest BCUT2D eigenvalue weighted by molar-refractivity contribution is -0.143. The van der Waals surface area contributed by atoms with Crippen molar-refractivity contribution in [3.8, 4) is 0 Å². The SMILES string of the molecule is O=C(O)[C@@H]1CN(C(=O)N(c2ccccc2)c2ccccc2)CCN1C(=O)N1c2ccccc2C=Cc2ccccc21. The summed E-state index contributed by atoms with van der Waals surface area (Å²) in [6, 6.07) is 31.5. The Labute approximate surface area is 238 Å². The van der Waals surface area contributed by atoms with Crippen molar-refractivity contribution in [2.75, 3.05) is 29.4 Å². The fourth-order valence-corrected chi connectivity index (χ4v) is 5.37. The van der Waals surface area contributed by atoms with E-state index < -0.39 is 18.0 Å². The Hall–Kier alpha value is -5.37. The molecule has 2 aliphatic rings. The summed E-state index contributed by atoms with van der Waals surface area (Å²) in [6.07, 6.45) is 3.91. The van der Waals surface area contributed by atoms with Gasteiger partial charge in [0.05, 0.1) is 29.3 Å². The van der Waals surface area contributed by atoms with Crippen molar-refractivity contribution in [2.45, 2.75) is 6.04 Å². The lowest BCUT2D eigenvalue weighted by Gasteiger charge is -2.42. The number of urea groups is 2. The first-order valence-corrected chi connectivity index (χ1v) is 13.4. The fourth-order valence-electron chi connectivity index (χ4n) is 5.37. The Morgan fingerprint density at radius 1 is 0.659 bits per heavy atom. The molecule has 0 aromatic heterocycles. The van der Waals surface area contributed by atoms with Gasteiger partial charge in [-0.1, -0.05) is 84.9 Å². The van der Waals surface area contributed by atoms with Gasteiger partial charge in [-0.25, -0.2) is 14.4 Å². The van der Waals surface area contributed by atoms with E-state index in [0.717, 1.165) is 11.1 Å². The monoisotopic (exact) mass is 544 g/mol. The number of benzene rings is 4. The highest BCUT2D eigenvalue weighted by Gasteiger charge is 2.41. The summed E-state index contributed by atoms with van der Waals surface area (Å²) < 4.78 is 0. The molecule has 0 radical (unpaired) electrons. The first-order valence-electron chi connectivity index (χ1n) is 13.4. The van der Waals surface area contributed by atoms with Gasteiger partial charge in [0.2, 0.25) is 0 Å². The van der Waals surface area contributed by atoms with Crippen molar-refractivity contribution < 1.29 is 19.5 Å². The van der Waals surface area contributed by atoms with Crippen LogP contribution in [0.3, 0.4) is 0 Å². The minimum atomic E-state index is -1.23. The molecule has 1 N–H and O–H groups in total. The number of hydrogen-bond donors (Lipinski definition) is 1. The van der Waals surface area contributed by atoms with Crippen LogP contribution in [0.15, 0.2) is 109 Å². The zero-order chi connectivity index (χ0) is 28.3. The maximum atomic E-state index is 14.2. The van der Waals surface area contributed by atoms with E-state index in [2.05, 4.69) is 0 Å². The molecule has 4 aromatic rings. The van der Waals surface area contributed by atoms with Gasteiger partial charge in [-0.15, -0.1) is 0 Å². The summed E-state index contributed by atoms with van der Waals surface area (Å²) in [5.74, 6) is -1.17. The predicted octanol–water partition coefficient (Wildman–Crippen LogP) is 6.46. The minimum absolute atomic E-state index is 0.0627. The highest BCUT2D eigenvalue weighted by atomic mass is 16.4. The Morgan fingerprint density at radius 3 is 1.66 bits per heavy atom. The van der Waals surface area contributed by atoms with Gasteiger partial charge in [0.1, 0.15) is 6.04 Å². The Kier molecular flexibility index (Phi) is 6.95. The number of aliphatic carboxylic acids is 1. The molecule has 0 saturated carbocycles. The fraction of sp³-hybridized carbons (Fsp3) is 0.121. The Balaban J connectivity index is 1.32. The molecule has 1 saturated heterocycles. The number of nitrogens with zero attached hydrogens (tertiary/aromatic N) is 4. The highest BCUT2D eigenvalue weighted by molar-refractivity contribution is 6.07. The highest BCUT2D eigenvalue weighted by Crippen LogP contribution is 2.37. The van der Waals surface area contributed by atoms with Gasteiger partial charge in [0.15, 0.2) is 0 Å². The summed E-state index contributed by atoms with van der Waals surface area (Å²) >= 11 is 0. The van der Waals surface area contributed by atoms with E-state index in [4.69, 9.17) is 0 Å². The number of carbonyl (C=O) groups excluding carboxylic acids is 2. The molecule has 8 heteroatoms. The lowest BCUT2D eigenvalue weighted by Crippen LogP contribution is -2.62. The van der Waals surface area contributed by atoms with E-state index in [1.54, 1.807) is 9.80 Å². The van der Waals surface area contributed by atoms with Crippen molar-refractivity contribution >= 4 is 52.9 Å². The van der Waals surface area contributed by atoms with Crippen molar-refractivity contribution in [1.29, 1.82) is 0 Å². The molecular weight excluding hydrogens is 516 g/mol. The van der Waals surface area contributed by atoms with Crippen LogP contribution >= 0.6 is 0 Å². The molecule has 0 aliphatic carbocycles. The van der Waals surface area contributed by atoms with Gasteiger partial charge in [-0.2, -0.15) is 0 Å². The van der Waals surface area contributed by atoms with Crippen LogP contribution in [0.2, 0.25) is 0 Å². The van der Waals surface area contributed by atoms with Crippen LogP contribution in [0.5, 0.6) is 0 Å². The average molecular weight is 545 g/mol. The van der Waals surface area contributed by atoms with Crippen molar-refractivity contribution in [1.82, 2.24) is 9.80 Å². The zero-order valence-corrected chi connectivity index (χ0v) is 22.2. The van der Waals surface area contributed by atoms with Crippen LogP contribution in [0.1, 0.15) is 11.1 Å². The van der Waals surface area contributed by atoms with Crippen LogP contribution in [0.25, 0.3) is 12.2 Å². The molecule has 41 heavy (non-hydrogen) atoms. The van der Waals surface area contributed by atoms with Gasteiger partial charge >= 0.3 is 18.0 Å². The first kappa shape index (κ1) is 25.9. The number of carboxylic acids is 1. The molecule has 2 aliphatic heterocycles. The van der Waals surface area contributed by atoms with Crippen LogP contribution in [-0.2, 0) is 4.79 Å². The molecule has 0 spiro atoms. The second-order valence-corrected chi connectivity index (χ2v) is 9.85. The number of carboxylic acid groups (broad SMARTS) is 1. The zero-order valence-electron chi connectivity index (χ0n) is 22.2. The molecule has 8 nitrogen and oxygen atoms in total. The number of fused-ring (bicyclic) bond motifs is 2. The number of para-hydroxylation sites is 4. The molecule has 0 unspecified atom stereocenters. The molecule has 1 atom stereocenters. The van der Waals surface area contributed by atoms with E-state index in [-0.39, 0.29) is 25.7 Å². The van der Waals surface area contributed by atoms with E-state index in [0.29, 0.717) is 22.7 Å². The molecule has 2 heterocycles. The number of piperazine rings is 1. The number of anilines is 4. The molecular formula is C33H28N4O4. The third-order valence-corrected chi connectivity index (χ3v) is 7.39. The van der Waals surface area contributed by atoms with E-state index >= 15 is 0 Å². The quantitative estimate of drug-likeness (QED) is 0.321. The van der Waals surface area contributed by atoms with Crippen LogP contribution in [0.4, 0.5) is 32.3 Å². The second-order valence-electron chi connectivity index (χ2n) is 9.85. The van der Waals surface area contributed by atoms with Gasteiger partial charge in [0.25, 0.3) is 0 Å². The van der Waals surface area contributed by atoms with Crippen LogP contribution in [0, 0.1) is 0 Å². The molecule has 1 fully saturated rings. The van der Waals surface area contributed by atoms with E-state index in [9.17, 15) is 19.5 Å². The van der Waals surface area contributed by atoms with Crippen molar-refractivity contribution in [2.24, 2.45) is 0 Å². The van der Waals surface area contributed by atoms with Crippen LogP contribution in [-0.4, -0.2) is 58.6 Å². The molecule has 4 aromatic carbocycles. The largest absolute Gasteiger partial charge is 0.480 e. The predicted molar refractivity (Wildman–Crippen MR) is 159 cm³/mol. The summed E-state index contributed by atoms with van der Waals surface area (Å²) in [5, 5.41) is 10.3. The number of amides is 4. The summed E-state index contributed by atoms with van der Waals surface area (Å²) in [4.78, 5) is 46.8. The molecule has 0 bridgehead atoms. The summed E-state index contributed by atoms with van der Waals surface area (Å²) in [5.41, 5.74) is 4.36. The van der Waals surface area contributed by atoms with Crippen molar-refractivity contribution in [3.63, 3.8) is 0 Å². The third kappa shape index (κ3) is 4.91. The summed E-state index contributed by atoms with van der Waals surface area (Å²) in [7, 11) is 0. The van der Waals surface area contributed by atoms with Gasteiger partial charge in [-0.3, -0.25) is 9.80 Å². The van der Waals surface area contributed by atoms with E-state index in [1.165, 1.54) is 9.80 Å². The Bertz CT molecular complexity index is 1530. The molecule has 6 rings (SSSR count). The third-order valence-electron chi connectivity index (χ3n) is 7.39. The summed E-state index contributed by atoms with van der Waals surface area (Å²) in [6.45, 7) is 0.0958. The van der Waals surface area contributed by atoms with Gasteiger partial charge in [0, 0.05) is 13.1 Å². The van der Waals surface area contributed by atoms with E-state index in [1.807, 2.05) is 121 Å². The second kappa shape index (κ2) is 11.0. The minimum Gasteiger partial charge on any atom is -0.480 e. The van der Waals surface area contributed by atoms with Crippen LogP contribution < -0.4 is 9.80 Å².